The summed E-state index contributed by atoms with van der Waals surface area (Å²) >= 11 is 0. The Balaban J connectivity index is 3.31. The summed E-state index contributed by atoms with van der Waals surface area (Å²) in [6.07, 6.45) is 0. The van der Waals surface area contributed by atoms with Crippen LogP contribution in [0.4, 0.5) is 0 Å². The molecule has 55 valence electrons. The van der Waals surface area contributed by atoms with E-state index in [2.05, 4.69) is 13.8 Å². The van der Waals surface area contributed by atoms with Crippen molar-refractivity contribution in [1.82, 2.24) is 0 Å². The van der Waals surface area contributed by atoms with Crippen LogP contribution in [0.3, 0.4) is 0 Å². The number of hydrogen-bond donors (Lipinski definition) is 0. The summed E-state index contributed by atoms with van der Waals surface area (Å²) in [6, 6.07) is 0. The van der Waals surface area contributed by atoms with Crippen molar-refractivity contribution in [2.45, 2.75) is 25.3 Å². The number of hydrogen-bond acceptors (Lipinski definition) is 2. The van der Waals surface area contributed by atoms with Gasteiger partial charge in [0.2, 0.25) is 0 Å². The SMILES string of the molecule is COC(OC)[SiH]C(C)C. The maximum absolute atomic E-state index is 5.03. The lowest BCUT2D eigenvalue weighted by atomic mass is 10.6. The Hall–Kier alpha value is 0.137. The van der Waals surface area contributed by atoms with Gasteiger partial charge in [0, 0.05) is 14.2 Å². The Labute approximate surface area is 59.4 Å². The topological polar surface area (TPSA) is 18.5 Å². The smallest absolute Gasteiger partial charge is 0.135 e. The molecule has 0 aliphatic carbocycles. The zero-order valence-electron chi connectivity index (χ0n) is 6.55. The van der Waals surface area contributed by atoms with E-state index in [-0.39, 0.29) is 15.4 Å². The first-order valence-corrected chi connectivity index (χ1v) is 4.44. The molecule has 0 aliphatic heterocycles. The third kappa shape index (κ3) is 4.63. The fraction of sp³-hybridized carbons (Fsp3) is 1.00. The quantitative estimate of drug-likeness (QED) is 0.433. The minimum Gasteiger partial charge on any atom is -0.360 e. The summed E-state index contributed by atoms with van der Waals surface area (Å²) in [7, 11) is 3.64. The number of ether oxygens (including phenoxy) is 2. The van der Waals surface area contributed by atoms with Gasteiger partial charge in [-0.15, -0.1) is 0 Å². The molecule has 0 saturated heterocycles. The molecule has 0 unspecified atom stereocenters. The Bertz CT molecular complexity index is 62.1. The van der Waals surface area contributed by atoms with Crippen LogP contribution in [0.15, 0.2) is 0 Å². The second kappa shape index (κ2) is 4.96. The molecular formula is C6H15O2Si. The van der Waals surface area contributed by atoms with Crippen LogP contribution >= 0.6 is 0 Å². The highest BCUT2D eigenvalue weighted by atomic mass is 28.2. The second-order valence-electron chi connectivity index (χ2n) is 2.28. The second-order valence-corrected chi connectivity index (χ2v) is 4.54. The normalized spacial score (nSPS) is 11.3. The van der Waals surface area contributed by atoms with Gasteiger partial charge < -0.3 is 9.47 Å². The van der Waals surface area contributed by atoms with Crippen LogP contribution in [-0.2, 0) is 9.47 Å². The molecule has 0 aromatic carbocycles. The van der Waals surface area contributed by atoms with E-state index in [0.29, 0.717) is 0 Å². The molecule has 0 rings (SSSR count). The molecule has 1 radical (unpaired) electrons. The van der Waals surface area contributed by atoms with E-state index < -0.39 is 0 Å². The summed E-state index contributed by atoms with van der Waals surface area (Å²) in [4.78, 5) is 0. The summed E-state index contributed by atoms with van der Waals surface area (Å²) in [5, 5.41) is 0. The van der Waals surface area contributed by atoms with Gasteiger partial charge in [-0.3, -0.25) is 0 Å². The Morgan fingerprint density at radius 1 is 1.11 bits per heavy atom. The zero-order chi connectivity index (χ0) is 7.28. The molecule has 0 aliphatic rings. The molecule has 0 bridgehead atoms. The lowest BCUT2D eigenvalue weighted by molar-refractivity contribution is -0.0446. The summed E-state index contributed by atoms with van der Waals surface area (Å²) in [6.45, 7) is 4.36. The van der Waals surface area contributed by atoms with Crippen molar-refractivity contribution in [2.75, 3.05) is 14.2 Å². The first kappa shape index (κ1) is 9.14. The van der Waals surface area contributed by atoms with Crippen molar-refractivity contribution >= 4 is 9.52 Å². The molecular weight excluding hydrogens is 132 g/mol. The van der Waals surface area contributed by atoms with E-state index in [1.54, 1.807) is 14.2 Å². The summed E-state index contributed by atoms with van der Waals surface area (Å²) in [5.41, 5.74) is 0.717. The predicted molar refractivity (Wildman–Crippen MR) is 40.1 cm³/mol. The van der Waals surface area contributed by atoms with Crippen LogP contribution < -0.4 is 0 Å². The van der Waals surface area contributed by atoms with E-state index >= 15 is 0 Å². The van der Waals surface area contributed by atoms with Crippen LogP contribution in [0.5, 0.6) is 0 Å². The lowest BCUT2D eigenvalue weighted by Gasteiger charge is -2.13. The molecule has 0 atom stereocenters. The lowest BCUT2D eigenvalue weighted by Crippen LogP contribution is -2.23. The summed E-state index contributed by atoms with van der Waals surface area (Å²) < 4.78 is 10.1. The fourth-order valence-corrected chi connectivity index (χ4v) is 1.51. The van der Waals surface area contributed by atoms with Gasteiger partial charge >= 0.3 is 0 Å². The minimum atomic E-state index is 0.0602. The van der Waals surface area contributed by atoms with E-state index in [9.17, 15) is 0 Å². The first-order valence-electron chi connectivity index (χ1n) is 3.11. The molecule has 0 fully saturated rings. The fourth-order valence-electron chi connectivity index (χ4n) is 0.568. The monoisotopic (exact) mass is 147 g/mol. The van der Waals surface area contributed by atoms with Crippen molar-refractivity contribution in [2.24, 2.45) is 0 Å². The Morgan fingerprint density at radius 2 is 1.56 bits per heavy atom. The Morgan fingerprint density at radius 3 is 1.67 bits per heavy atom. The van der Waals surface area contributed by atoms with E-state index in [4.69, 9.17) is 9.47 Å². The molecule has 0 heterocycles. The van der Waals surface area contributed by atoms with Crippen molar-refractivity contribution in [3.8, 4) is 0 Å². The minimum absolute atomic E-state index is 0.0602. The van der Waals surface area contributed by atoms with Gasteiger partial charge in [0.15, 0.2) is 0 Å². The van der Waals surface area contributed by atoms with E-state index in [1.807, 2.05) is 0 Å². The number of rotatable bonds is 4. The highest BCUT2D eigenvalue weighted by Gasteiger charge is 2.07. The molecule has 0 amide bonds. The molecule has 9 heavy (non-hydrogen) atoms. The van der Waals surface area contributed by atoms with E-state index in [0.717, 1.165) is 5.54 Å². The molecule has 0 aromatic heterocycles. The van der Waals surface area contributed by atoms with Gasteiger partial charge in [-0.05, 0) is 0 Å². The molecule has 0 N–H and O–H groups in total. The standard InChI is InChI=1S/C6H15O2Si/c1-5(2)9-6(7-3)8-4/h5-6,9H,1-4H3. The van der Waals surface area contributed by atoms with Gasteiger partial charge in [0.05, 0.1) is 0 Å². The van der Waals surface area contributed by atoms with Gasteiger partial charge in [0.25, 0.3) is 0 Å². The van der Waals surface area contributed by atoms with Gasteiger partial charge in [-0.25, -0.2) is 0 Å². The highest BCUT2D eigenvalue weighted by Crippen LogP contribution is 2.02. The van der Waals surface area contributed by atoms with Crippen molar-refractivity contribution in [3.05, 3.63) is 0 Å². The van der Waals surface area contributed by atoms with Crippen LogP contribution in [0.25, 0.3) is 0 Å². The molecule has 0 spiro atoms. The van der Waals surface area contributed by atoms with Crippen LogP contribution in [0, 0.1) is 0 Å². The third-order valence-electron chi connectivity index (χ3n) is 1.01. The molecule has 2 nitrogen and oxygen atoms in total. The molecule has 3 heteroatoms. The van der Waals surface area contributed by atoms with Crippen molar-refractivity contribution in [1.29, 1.82) is 0 Å². The van der Waals surface area contributed by atoms with Crippen LogP contribution in [-0.4, -0.2) is 29.7 Å². The van der Waals surface area contributed by atoms with Crippen LogP contribution in [0.1, 0.15) is 13.8 Å². The van der Waals surface area contributed by atoms with Crippen molar-refractivity contribution in [3.63, 3.8) is 0 Å². The third-order valence-corrected chi connectivity index (χ3v) is 2.64. The highest BCUT2D eigenvalue weighted by molar-refractivity contribution is 6.38. The largest absolute Gasteiger partial charge is 0.360 e. The maximum Gasteiger partial charge on any atom is 0.135 e. The predicted octanol–water partition coefficient (Wildman–Crippen LogP) is 0.828. The molecule has 0 aromatic rings. The van der Waals surface area contributed by atoms with Gasteiger partial charge in [-0.2, -0.15) is 0 Å². The average Bonchev–Trinajstić information content (AvgIpc) is 1.82. The van der Waals surface area contributed by atoms with Gasteiger partial charge in [-0.1, -0.05) is 19.4 Å². The Kier molecular flexibility index (Phi) is 5.04. The van der Waals surface area contributed by atoms with Crippen molar-refractivity contribution < 1.29 is 9.47 Å². The van der Waals surface area contributed by atoms with Crippen LogP contribution in [0.2, 0.25) is 5.54 Å². The zero-order valence-corrected chi connectivity index (χ0v) is 7.70. The average molecular weight is 147 g/mol. The first-order chi connectivity index (χ1) is 4.20. The number of methoxy groups -OCH3 is 2. The maximum atomic E-state index is 5.03. The molecule has 0 saturated carbocycles. The van der Waals surface area contributed by atoms with E-state index in [1.165, 1.54) is 0 Å². The van der Waals surface area contributed by atoms with Gasteiger partial charge in [0.1, 0.15) is 15.4 Å². The summed E-state index contributed by atoms with van der Waals surface area (Å²) in [5.74, 6) is 0.0602.